The number of nitrogens with zero attached hydrogens (tertiary/aromatic N) is 1. The van der Waals surface area contributed by atoms with Gasteiger partial charge in [-0.2, -0.15) is 0 Å². The molecule has 3 heteroatoms. The summed E-state index contributed by atoms with van der Waals surface area (Å²) in [6.45, 7) is 4.06. The first kappa shape index (κ1) is 8.05. The Balaban J connectivity index is 2.14. The Hall–Kier alpha value is -0.570. The maximum atomic E-state index is 10.8. The minimum absolute atomic E-state index is 0.0429. The maximum absolute atomic E-state index is 10.8. The van der Waals surface area contributed by atoms with Crippen LogP contribution in [0.3, 0.4) is 0 Å². The molecule has 0 aromatic heterocycles. The second-order valence-electron chi connectivity index (χ2n) is 4.21. The van der Waals surface area contributed by atoms with Crippen molar-refractivity contribution in [3.8, 4) is 0 Å². The predicted molar refractivity (Wildman–Crippen MR) is 44.8 cm³/mol. The lowest BCUT2D eigenvalue weighted by molar-refractivity contribution is -0.140. The summed E-state index contributed by atoms with van der Waals surface area (Å²) in [4.78, 5) is 13.1. The molecule has 2 rings (SSSR count). The number of aliphatic carboxylic acids is 1. The van der Waals surface area contributed by atoms with E-state index < -0.39 is 5.97 Å². The zero-order valence-electron chi connectivity index (χ0n) is 7.58. The van der Waals surface area contributed by atoms with Gasteiger partial charge < -0.3 is 10.0 Å². The fourth-order valence-electron chi connectivity index (χ4n) is 3.00. The van der Waals surface area contributed by atoms with Crippen LogP contribution in [0, 0.1) is 17.3 Å². The van der Waals surface area contributed by atoms with Crippen molar-refractivity contribution in [3.05, 3.63) is 0 Å². The molecule has 0 aromatic rings. The van der Waals surface area contributed by atoms with Gasteiger partial charge in [-0.15, -0.1) is 0 Å². The smallest absolute Gasteiger partial charge is 0.307 e. The third kappa shape index (κ3) is 0.774. The molecule has 0 radical (unpaired) electrons. The Kier molecular flexibility index (Phi) is 1.49. The quantitative estimate of drug-likeness (QED) is 0.660. The summed E-state index contributed by atoms with van der Waals surface area (Å²) in [5, 5.41) is 8.92. The number of carboxylic acids is 1. The number of rotatable bonds is 2. The molecule has 1 N–H and O–H groups in total. The zero-order chi connectivity index (χ0) is 8.93. The highest BCUT2D eigenvalue weighted by atomic mass is 16.4. The lowest BCUT2D eigenvalue weighted by Gasteiger charge is -2.16. The van der Waals surface area contributed by atoms with E-state index in [1.807, 2.05) is 0 Å². The van der Waals surface area contributed by atoms with Gasteiger partial charge >= 0.3 is 5.97 Å². The molecule has 2 fully saturated rings. The molecule has 0 aromatic carbocycles. The highest BCUT2D eigenvalue weighted by molar-refractivity contribution is 5.76. The molecule has 3 nitrogen and oxygen atoms in total. The largest absolute Gasteiger partial charge is 0.481 e. The summed E-state index contributed by atoms with van der Waals surface area (Å²) in [5.41, 5.74) is 0.139. The van der Waals surface area contributed by atoms with Gasteiger partial charge in [0.2, 0.25) is 0 Å². The summed E-state index contributed by atoms with van der Waals surface area (Å²) in [5.74, 6) is -0.196. The Morgan fingerprint density at radius 3 is 2.83 bits per heavy atom. The van der Waals surface area contributed by atoms with Crippen LogP contribution in [-0.4, -0.2) is 36.1 Å². The minimum atomic E-state index is -0.588. The van der Waals surface area contributed by atoms with E-state index in [1.54, 1.807) is 0 Å². The molecule has 1 aliphatic heterocycles. The molecule has 1 heterocycles. The van der Waals surface area contributed by atoms with Gasteiger partial charge in [0.15, 0.2) is 0 Å². The van der Waals surface area contributed by atoms with Gasteiger partial charge in [0.1, 0.15) is 0 Å². The first-order chi connectivity index (χ1) is 5.62. The monoisotopic (exact) mass is 169 g/mol. The summed E-state index contributed by atoms with van der Waals surface area (Å²) >= 11 is 0. The number of carboxylic acid groups (broad SMARTS) is 1. The molecule has 12 heavy (non-hydrogen) atoms. The lowest BCUT2D eigenvalue weighted by Crippen LogP contribution is -2.25. The highest BCUT2D eigenvalue weighted by Gasteiger charge is 2.70. The van der Waals surface area contributed by atoms with E-state index >= 15 is 0 Å². The summed E-state index contributed by atoms with van der Waals surface area (Å²) in [7, 11) is 2.07. The van der Waals surface area contributed by atoms with Crippen molar-refractivity contribution < 1.29 is 9.90 Å². The first-order valence-electron chi connectivity index (χ1n) is 4.53. The molecule has 1 aliphatic carbocycles. The number of hydrogen-bond acceptors (Lipinski definition) is 2. The number of likely N-dealkylation sites (tertiary alicyclic amines) is 1. The van der Waals surface area contributed by atoms with E-state index in [0.717, 1.165) is 19.5 Å². The molecule has 0 bridgehead atoms. The van der Waals surface area contributed by atoms with Gasteiger partial charge in [0.05, 0.1) is 5.92 Å². The topological polar surface area (TPSA) is 40.5 Å². The maximum Gasteiger partial charge on any atom is 0.307 e. The fourth-order valence-corrected chi connectivity index (χ4v) is 3.00. The highest BCUT2D eigenvalue weighted by Crippen LogP contribution is 2.64. The van der Waals surface area contributed by atoms with Crippen molar-refractivity contribution in [2.45, 2.75) is 13.3 Å². The van der Waals surface area contributed by atoms with Crippen molar-refractivity contribution in [2.24, 2.45) is 17.3 Å². The first-order valence-corrected chi connectivity index (χ1v) is 4.53. The van der Waals surface area contributed by atoms with Crippen molar-refractivity contribution in [1.29, 1.82) is 0 Å². The summed E-state index contributed by atoms with van der Waals surface area (Å²) in [6, 6.07) is 0. The Bertz CT molecular complexity index is 229. The number of fused-ring (bicyclic) bond motifs is 1. The lowest BCUT2D eigenvalue weighted by atomic mass is 10.0. The molecule has 1 saturated carbocycles. The van der Waals surface area contributed by atoms with Crippen LogP contribution in [0.1, 0.15) is 13.3 Å². The average molecular weight is 169 g/mol. The van der Waals surface area contributed by atoms with Crippen LogP contribution in [-0.2, 0) is 4.79 Å². The minimum Gasteiger partial charge on any atom is -0.481 e. The second kappa shape index (κ2) is 2.22. The zero-order valence-corrected chi connectivity index (χ0v) is 7.58. The normalized spacial score (nSPS) is 45.8. The molecule has 0 unspecified atom stereocenters. The van der Waals surface area contributed by atoms with Gasteiger partial charge in [-0.3, -0.25) is 4.79 Å². The third-order valence-corrected chi connectivity index (χ3v) is 3.65. The van der Waals surface area contributed by atoms with Gasteiger partial charge in [0, 0.05) is 18.5 Å². The van der Waals surface area contributed by atoms with Gasteiger partial charge in [-0.25, -0.2) is 0 Å². The molecular weight excluding hydrogens is 154 g/mol. The Morgan fingerprint density at radius 2 is 2.42 bits per heavy atom. The van der Waals surface area contributed by atoms with Gasteiger partial charge in [-0.05, 0) is 19.4 Å². The molecule has 68 valence electrons. The summed E-state index contributed by atoms with van der Waals surface area (Å²) in [6.07, 6.45) is 1.01. The predicted octanol–water partition coefficient (Wildman–Crippen LogP) is 0.659. The Labute approximate surface area is 72.4 Å². The third-order valence-electron chi connectivity index (χ3n) is 3.65. The van der Waals surface area contributed by atoms with Crippen LogP contribution in [0.5, 0.6) is 0 Å². The van der Waals surface area contributed by atoms with Crippen LogP contribution in [0.4, 0.5) is 0 Å². The van der Waals surface area contributed by atoms with E-state index in [1.165, 1.54) is 0 Å². The molecule has 0 amide bonds. The van der Waals surface area contributed by atoms with Crippen LogP contribution >= 0.6 is 0 Å². The van der Waals surface area contributed by atoms with Crippen LogP contribution in [0.2, 0.25) is 0 Å². The molecule has 2 aliphatic rings. The number of piperidine rings is 1. The van der Waals surface area contributed by atoms with E-state index in [9.17, 15) is 4.79 Å². The van der Waals surface area contributed by atoms with Crippen molar-refractivity contribution >= 4 is 5.97 Å². The Morgan fingerprint density at radius 1 is 1.75 bits per heavy atom. The van der Waals surface area contributed by atoms with E-state index in [2.05, 4.69) is 18.9 Å². The molecule has 3 atom stereocenters. The standard InChI is InChI=1S/C9H15NO2/c1-3-9-5-10(2)4-6(9)7(9)8(11)12/h6-7H,3-5H2,1-2H3,(H,11,12)/t6-,7-,9+/m0/s1. The van der Waals surface area contributed by atoms with Crippen molar-refractivity contribution in [2.75, 3.05) is 20.1 Å². The van der Waals surface area contributed by atoms with Gasteiger partial charge in [-0.1, -0.05) is 6.92 Å². The fraction of sp³-hybridized carbons (Fsp3) is 0.889. The van der Waals surface area contributed by atoms with Crippen LogP contribution < -0.4 is 0 Å². The number of hydrogen-bond donors (Lipinski definition) is 1. The SMILES string of the molecule is CC[C@@]12CN(C)C[C@H]1[C@H]2C(=O)O. The van der Waals surface area contributed by atoms with Gasteiger partial charge in [0.25, 0.3) is 0 Å². The molecule has 1 saturated heterocycles. The van der Waals surface area contributed by atoms with E-state index in [-0.39, 0.29) is 11.3 Å². The van der Waals surface area contributed by atoms with E-state index in [0.29, 0.717) is 5.92 Å². The van der Waals surface area contributed by atoms with Crippen molar-refractivity contribution in [3.63, 3.8) is 0 Å². The summed E-state index contributed by atoms with van der Waals surface area (Å²) < 4.78 is 0. The van der Waals surface area contributed by atoms with Crippen molar-refractivity contribution in [1.82, 2.24) is 4.90 Å². The van der Waals surface area contributed by atoms with Crippen LogP contribution in [0.15, 0.2) is 0 Å². The molecular formula is C9H15NO2. The average Bonchev–Trinajstić information content (AvgIpc) is 2.47. The second-order valence-corrected chi connectivity index (χ2v) is 4.21. The van der Waals surface area contributed by atoms with E-state index in [4.69, 9.17) is 5.11 Å². The molecule has 0 spiro atoms. The number of carbonyl (C=O) groups is 1. The van der Waals surface area contributed by atoms with Crippen LogP contribution in [0.25, 0.3) is 0 Å².